The molecule has 1 aliphatic carbocycles. The quantitative estimate of drug-likeness (QED) is 0.319. The molecular weight excluding hydrogens is 372 g/mol. The Bertz CT molecular complexity index is 545. The largest absolute Gasteiger partial charge is 0.394 e. The summed E-state index contributed by atoms with van der Waals surface area (Å²) < 4.78 is 10.3. The third kappa shape index (κ3) is 3.82. The highest BCUT2D eigenvalue weighted by atomic mass is 16.5. The first-order valence-electron chi connectivity index (χ1n) is 9.58. The fraction of sp³-hybridized carbons (Fsp3) is 0.778. The van der Waals surface area contributed by atoms with E-state index >= 15 is 0 Å². The second-order valence-electron chi connectivity index (χ2n) is 7.23. The fourth-order valence-electron chi connectivity index (χ4n) is 4.40. The van der Waals surface area contributed by atoms with Gasteiger partial charge in [-0.05, 0) is 12.8 Å². The van der Waals surface area contributed by atoms with Gasteiger partial charge in [0.2, 0.25) is 23.6 Å². The standard InChI is InChI=1S/C18H26N2O8/c21-3-7-27-5-1-19-15(23)11-9-13-14(10-12(11)16(19)24)18(26)20(17(13)25)2-6-28-8-4-22/h11-14,21-22H,1-10H2. The summed E-state index contributed by atoms with van der Waals surface area (Å²) in [7, 11) is 0. The Morgan fingerprint density at radius 1 is 0.643 bits per heavy atom. The van der Waals surface area contributed by atoms with Gasteiger partial charge < -0.3 is 19.7 Å². The Morgan fingerprint density at radius 2 is 0.964 bits per heavy atom. The molecule has 2 saturated heterocycles. The monoisotopic (exact) mass is 398 g/mol. The number of aliphatic hydroxyl groups excluding tert-OH is 2. The number of hydrogen-bond acceptors (Lipinski definition) is 8. The van der Waals surface area contributed by atoms with Crippen molar-refractivity contribution in [3.63, 3.8) is 0 Å². The van der Waals surface area contributed by atoms with Crippen LogP contribution in [0.3, 0.4) is 0 Å². The van der Waals surface area contributed by atoms with Crippen LogP contribution in [0, 0.1) is 23.7 Å². The van der Waals surface area contributed by atoms with E-state index in [0.29, 0.717) is 0 Å². The number of aliphatic hydroxyl groups is 2. The van der Waals surface area contributed by atoms with Crippen molar-refractivity contribution in [3.05, 3.63) is 0 Å². The lowest BCUT2D eigenvalue weighted by molar-refractivity contribution is -0.141. The van der Waals surface area contributed by atoms with Crippen LogP contribution in [0.15, 0.2) is 0 Å². The third-order valence-electron chi connectivity index (χ3n) is 5.71. The number of fused-ring (bicyclic) bond motifs is 2. The van der Waals surface area contributed by atoms with Gasteiger partial charge in [0.1, 0.15) is 0 Å². The number of likely N-dealkylation sites (tertiary alicyclic amines) is 2. The molecule has 10 nitrogen and oxygen atoms in total. The predicted octanol–water partition coefficient (Wildman–Crippen LogP) is -2.00. The lowest BCUT2D eigenvalue weighted by Gasteiger charge is -2.28. The highest BCUT2D eigenvalue weighted by Gasteiger charge is 2.59. The van der Waals surface area contributed by atoms with Crippen molar-refractivity contribution in [2.24, 2.45) is 23.7 Å². The molecule has 3 rings (SSSR count). The van der Waals surface area contributed by atoms with E-state index in [2.05, 4.69) is 0 Å². The van der Waals surface area contributed by atoms with E-state index in [-0.39, 0.29) is 89.2 Å². The third-order valence-corrected chi connectivity index (χ3v) is 5.71. The Hall–Kier alpha value is -1.88. The Labute approximate surface area is 162 Å². The Balaban J connectivity index is 1.62. The zero-order chi connectivity index (χ0) is 20.3. The van der Waals surface area contributed by atoms with Crippen LogP contribution in [0.25, 0.3) is 0 Å². The maximum atomic E-state index is 12.7. The molecule has 2 heterocycles. The molecule has 2 aliphatic heterocycles. The molecule has 156 valence electrons. The summed E-state index contributed by atoms with van der Waals surface area (Å²) in [6, 6.07) is 0. The van der Waals surface area contributed by atoms with Crippen LogP contribution < -0.4 is 0 Å². The molecule has 0 radical (unpaired) electrons. The first kappa shape index (κ1) is 20.8. The van der Waals surface area contributed by atoms with Gasteiger partial charge in [0, 0.05) is 0 Å². The summed E-state index contributed by atoms with van der Waals surface area (Å²) in [6.45, 7) is 0.493. The number of nitrogens with zero attached hydrogens (tertiary/aromatic N) is 2. The number of amides is 4. The van der Waals surface area contributed by atoms with E-state index in [0.717, 1.165) is 9.80 Å². The fourth-order valence-corrected chi connectivity index (χ4v) is 4.40. The van der Waals surface area contributed by atoms with E-state index in [1.54, 1.807) is 0 Å². The highest BCUT2D eigenvalue weighted by molar-refractivity contribution is 6.09. The van der Waals surface area contributed by atoms with E-state index in [1.165, 1.54) is 0 Å². The molecule has 4 atom stereocenters. The molecule has 0 bridgehead atoms. The Morgan fingerprint density at radius 3 is 1.25 bits per heavy atom. The van der Waals surface area contributed by atoms with E-state index < -0.39 is 23.7 Å². The van der Waals surface area contributed by atoms with Gasteiger partial charge in [0.05, 0.1) is 76.4 Å². The van der Waals surface area contributed by atoms with Gasteiger partial charge in [-0.25, -0.2) is 0 Å². The summed E-state index contributed by atoms with van der Waals surface area (Å²) in [5, 5.41) is 17.4. The second-order valence-corrected chi connectivity index (χ2v) is 7.23. The predicted molar refractivity (Wildman–Crippen MR) is 92.4 cm³/mol. The molecule has 3 fully saturated rings. The molecule has 0 aromatic heterocycles. The molecule has 10 heteroatoms. The average molecular weight is 398 g/mol. The van der Waals surface area contributed by atoms with E-state index in [4.69, 9.17) is 19.7 Å². The average Bonchev–Trinajstić information content (AvgIpc) is 3.07. The molecule has 0 aromatic carbocycles. The second kappa shape index (κ2) is 9.08. The zero-order valence-corrected chi connectivity index (χ0v) is 15.6. The van der Waals surface area contributed by atoms with Gasteiger partial charge in [-0.3, -0.25) is 29.0 Å². The lowest BCUT2D eigenvalue weighted by atomic mass is 9.70. The number of hydrogen-bond donors (Lipinski definition) is 2. The van der Waals surface area contributed by atoms with Crippen molar-refractivity contribution < 1.29 is 38.9 Å². The van der Waals surface area contributed by atoms with Gasteiger partial charge in [-0.15, -0.1) is 0 Å². The van der Waals surface area contributed by atoms with Gasteiger partial charge >= 0.3 is 0 Å². The molecule has 2 N–H and O–H groups in total. The van der Waals surface area contributed by atoms with E-state index in [9.17, 15) is 19.2 Å². The van der Waals surface area contributed by atoms with Gasteiger partial charge in [0.15, 0.2) is 0 Å². The normalized spacial score (nSPS) is 29.6. The first-order valence-corrected chi connectivity index (χ1v) is 9.58. The van der Waals surface area contributed by atoms with Crippen LogP contribution in [0.1, 0.15) is 12.8 Å². The highest BCUT2D eigenvalue weighted by Crippen LogP contribution is 2.47. The number of carbonyl (C=O) groups is 4. The van der Waals surface area contributed by atoms with Gasteiger partial charge in [0.25, 0.3) is 0 Å². The molecular formula is C18H26N2O8. The first-order chi connectivity index (χ1) is 13.5. The summed E-state index contributed by atoms with van der Waals surface area (Å²) in [5.74, 6) is -3.56. The van der Waals surface area contributed by atoms with Crippen LogP contribution in [-0.2, 0) is 28.7 Å². The maximum Gasteiger partial charge on any atom is 0.233 e. The van der Waals surface area contributed by atoms with Crippen molar-refractivity contribution in [3.8, 4) is 0 Å². The van der Waals surface area contributed by atoms with E-state index in [1.807, 2.05) is 0 Å². The van der Waals surface area contributed by atoms with Crippen molar-refractivity contribution in [1.29, 1.82) is 0 Å². The molecule has 4 amide bonds. The number of rotatable bonds is 10. The number of ether oxygens (including phenoxy) is 2. The SMILES string of the molecule is O=C1C2CC3C(=O)N(CCOCCO)C(=O)C3CC2C(=O)N1CCOCCO. The molecule has 4 unspecified atom stereocenters. The van der Waals surface area contributed by atoms with Crippen LogP contribution in [-0.4, -0.2) is 96.4 Å². The summed E-state index contributed by atoms with van der Waals surface area (Å²) in [4.78, 5) is 53.0. The summed E-state index contributed by atoms with van der Waals surface area (Å²) in [5.41, 5.74) is 0. The zero-order valence-electron chi connectivity index (χ0n) is 15.6. The minimum Gasteiger partial charge on any atom is -0.394 e. The minimum absolute atomic E-state index is 0.107. The minimum atomic E-state index is -0.575. The topological polar surface area (TPSA) is 134 Å². The number of imide groups is 2. The van der Waals surface area contributed by atoms with Crippen LogP contribution >= 0.6 is 0 Å². The van der Waals surface area contributed by atoms with Crippen molar-refractivity contribution in [2.75, 3.05) is 52.7 Å². The Kier molecular flexibility index (Phi) is 6.76. The summed E-state index contributed by atoms with van der Waals surface area (Å²) >= 11 is 0. The van der Waals surface area contributed by atoms with Crippen LogP contribution in [0.2, 0.25) is 0 Å². The smallest absolute Gasteiger partial charge is 0.233 e. The van der Waals surface area contributed by atoms with Crippen LogP contribution in [0.5, 0.6) is 0 Å². The van der Waals surface area contributed by atoms with Crippen molar-refractivity contribution in [2.45, 2.75) is 12.8 Å². The molecule has 28 heavy (non-hydrogen) atoms. The molecule has 3 aliphatic rings. The van der Waals surface area contributed by atoms with Crippen molar-refractivity contribution >= 4 is 23.6 Å². The van der Waals surface area contributed by atoms with Gasteiger partial charge in [-0.1, -0.05) is 0 Å². The molecule has 1 saturated carbocycles. The van der Waals surface area contributed by atoms with Gasteiger partial charge in [-0.2, -0.15) is 0 Å². The molecule has 0 spiro atoms. The lowest BCUT2D eigenvalue weighted by Crippen LogP contribution is -2.35. The number of carbonyl (C=O) groups excluding carboxylic acids is 4. The summed E-state index contributed by atoms with van der Waals surface area (Å²) in [6.07, 6.45) is 0.402. The van der Waals surface area contributed by atoms with Crippen molar-refractivity contribution in [1.82, 2.24) is 9.80 Å². The molecule has 0 aromatic rings. The maximum absolute atomic E-state index is 12.7. The van der Waals surface area contributed by atoms with Crippen LogP contribution in [0.4, 0.5) is 0 Å².